The number of aromatic nitrogens is 1. The number of hydrogen-bond acceptors (Lipinski definition) is 3. The molecule has 0 bridgehead atoms. The van der Waals surface area contributed by atoms with Crippen LogP contribution in [0, 0.1) is 6.92 Å². The summed E-state index contributed by atoms with van der Waals surface area (Å²) in [5.74, 6) is 0.615. The van der Waals surface area contributed by atoms with E-state index in [0.29, 0.717) is 5.88 Å². The van der Waals surface area contributed by atoms with Crippen molar-refractivity contribution in [1.29, 1.82) is 0 Å². The fourth-order valence-corrected chi connectivity index (χ4v) is 1.65. The number of nitrogens with zero attached hydrogens (tertiary/aromatic N) is 1. The predicted molar refractivity (Wildman–Crippen MR) is 65.4 cm³/mol. The van der Waals surface area contributed by atoms with Gasteiger partial charge in [-0.1, -0.05) is 6.07 Å². The summed E-state index contributed by atoms with van der Waals surface area (Å²) in [4.78, 5) is 4.17. The number of pyridine rings is 1. The van der Waals surface area contributed by atoms with Crippen LogP contribution in [-0.4, -0.2) is 12.1 Å². The molecule has 2 rings (SSSR count). The van der Waals surface area contributed by atoms with Gasteiger partial charge in [0.2, 0.25) is 5.88 Å². The Balaban J connectivity index is 2.42. The van der Waals surface area contributed by atoms with Crippen molar-refractivity contribution in [3.8, 4) is 17.0 Å². The Bertz CT molecular complexity index is 472. The number of hydrogen-bond donors (Lipinski definition) is 1. The van der Waals surface area contributed by atoms with Crippen LogP contribution in [-0.2, 0) is 0 Å². The van der Waals surface area contributed by atoms with Crippen molar-refractivity contribution in [2.75, 3.05) is 12.8 Å². The van der Waals surface area contributed by atoms with E-state index in [1.807, 2.05) is 31.2 Å². The molecule has 0 fully saturated rings. The minimum absolute atomic E-state index is 0.615. The van der Waals surface area contributed by atoms with Crippen LogP contribution >= 0.6 is 0 Å². The molecule has 0 aliphatic carbocycles. The van der Waals surface area contributed by atoms with Gasteiger partial charge in [0.25, 0.3) is 0 Å². The number of anilines is 1. The molecular formula is C13H14N2O. The number of methoxy groups -OCH3 is 1. The molecule has 0 unspecified atom stereocenters. The van der Waals surface area contributed by atoms with Crippen molar-refractivity contribution in [3.05, 3.63) is 42.1 Å². The zero-order valence-electron chi connectivity index (χ0n) is 9.40. The van der Waals surface area contributed by atoms with Crippen molar-refractivity contribution >= 4 is 5.69 Å². The second-order valence-corrected chi connectivity index (χ2v) is 3.72. The molecule has 0 atom stereocenters. The van der Waals surface area contributed by atoms with E-state index in [0.717, 1.165) is 22.4 Å². The van der Waals surface area contributed by atoms with Crippen LogP contribution < -0.4 is 10.5 Å². The molecule has 3 heteroatoms. The molecule has 1 heterocycles. The van der Waals surface area contributed by atoms with Crippen molar-refractivity contribution in [3.63, 3.8) is 0 Å². The second kappa shape index (κ2) is 4.23. The van der Waals surface area contributed by atoms with Gasteiger partial charge in [-0.15, -0.1) is 0 Å². The van der Waals surface area contributed by atoms with Crippen LogP contribution in [0.4, 0.5) is 5.69 Å². The maximum absolute atomic E-state index is 5.81. The summed E-state index contributed by atoms with van der Waals surface area (Å²) >= 11 is 0. The topological polar surface area (TPSA) is 48.1 Å². The van der Waals surface area contributed by atoms with Crippen molar-refractivity contribution < 1.29 is 4.74 Å². The third kappa shape index (κ3) is 2.14. The molecule has 0 aliphatic rings. The summed E-state index contributed by atoms with van der Waals surface area (Å²) in [6.07, 6.45) is 1.78. The van der Waals surface area contributed by atoms with Crippen LogP contribution in [0.5, 0.6) is 5.88 Å². The Labute approximate surface area is 94.9 Å². The molecule has 0 saturated carbocycles. The summed E-state index contributed by atoms with van der Waals surface area (Å²) in [6.45, 7) is 2.02. The fraction of sp³-hybridized carbons (Fsp3) is 0.154. The third-order valence-corrected chi connectivity index (χ3v) is 2.38. The quantitative estimate of drug-likeness (QED) is 0.782. The second-order valence-electron chi connectivity index (χ2n) is 3.72. The van der Waals surface area contributed by atoms with E-state index in [-0.39, 0.29) is 0 Å². The van der Waals surface area contributed by atoms with Crippen molar-refractivity contribution in [2.24, 2.45) is 0 Å². The highest BCUT2D eigenvalue weighted by Crippen LogP contribution is 2.23. The maximum atomic E-state index is 5.81. The van der Waals surface area contributed by atoms with Gasteiger partial charge in [-0.05, 0) is 36.2 Å². The highest BCUT2D eigenvalue weighted by Gasteiger charge is 2.01. The first kappa shape index (κ1) is 10.5. The van der Waals surface area contributed by atoms with Gasteiger partial charge < -0.3 is 10.5 Å². The van der Waals surface area contributed by atoms with Crippen LogP contribution in [0.1, 0.15) is 5.56 Å². The van der Waals surface area contributed by atoms with E-state index >= 15 is 0 Å². The molecule has 16 heavy (non-hydrogen) atoms. The number of rotatable bonds is 2. The van der Waals surface area contributed by atoms with Crippen molar-refractivity contribution in [1.82, 2.24) is 4.98 Å². The molecule has 82 valence electrons. The number of nitrogen functional groups attached to an aromatic ring is 1. The lowest BCUT2D eigenvalue weighted by Crippen LogP contribution is -1.90. The maximum Gasteiger partial charge on any atom is 0.212 e. The normalized spacial score (nSPS) is 10.1. The third-order valence-electron chi connectivity index (χ3n) is 2.38. The first-order valence-corrected chi connectivity index (χ1v) is 5.06. The standard InChI is InChI=1S/C13H14N2O/c1-9-5-11(7-12(14)6-9)10-3-4-13(16-2)15-8-10/h3-8H,14H2,1-2H3. The number of ether oxygens (including phenoxy) is 1. The zero-order chi connectivity index (χ0) is 11.5. The minimum Gasteiger partial charge on any atom is -0.481 e. The Morgan fingerprint density at radius 3 is 2.50 bits per heavy atom. The lowest BCUT2D eigenvalue weighted by Gasteiger charge is -2.05. The zero-order valence-corrected chi connectivity index (χ0v) is 9.40. The van der Waals surface area contributed by atoms with Crippen LogP contribution in [0.2, 0.25) is 0 Å². The molecule has 3 nitrogen and oxygen atoms in total. The van der Waals surface area contributed by atoms with Gasteiger partial charge in [-0.25, -0.2) is 4.98 Å². The van der Waals surface area contributed by atoms with E-state index in [1.165, 1.54) is 0 Å². The molecule has 1 aromatic carbocycles. The van der Waals surface area contributed by atoms with E-state index in [4.69, 9.17) is 10.5 Å². The van der Waals surface area contributed by atoms with Crippen molar-refractivity contribution in [2.45, 2.75) is 6.92 Å². The molecule has 1 aromatic heterocycles. The highest BCUT2D eigenvalue weighted by molar-refractivity contribution is 5.67. The first-order valence-electron chi connectivity index (χ1n) is 5.06. The Morgan fingerprint density at radius 1 is 1.12 bits per heavy atom. The van der Waals surface area contributed by atoms with Gasteiger partial charge in [0, 0.05) is 23.5 Å². The fourth-order valence-electron chi connectivity index (χ4n) is 1.65. The van der Waals surface area contributed by atoms with E-state index in [2.05, 4.69) is 11.1 Å². The van der Waals surface area contributed by atoms with Gasteiger partial charge in [0.15, 0.2) is 0 Å². The first-order chi connectivity index (χ1) is 7.69. The van der Waals surface area contributed by atoms with Crippen LogP contribution in [0.25, 0.3) is 11.1 Å². The largest absolute Gasteiger partial charge is 0.481 e. The lowest BCUT2D eigenvalue weighted by molar-refractivity contribution is 0.398. The number of aryl methyl sites for hydroxylation is 1. The summed E-state index contributed by atoms with van der Waals surface area (Å²) < 4.78 is 5.02. The number of benzene rings is 1. The monoisotopic (exact) mass is 214 g/mol. The molecule has 0 saturated heterocycles. The summed E-state index contributed by atoms with van der Waals surface area (Å²) in [6, 6.07) is 9.78. The van der Waals surface area contributed by atoms with Gasteiger partial charge in [-0.2, -0.15) is 0 Å². The number of nitrogens with two attached hydrogens (primary N) is 1. The molecule has 0 amide bonds. The summed E-state index contributed by atoms with van der Waals surface area (Å²) in [5, 5.41) is 0. The Morgan fingerprint density at radius 2 is 1.94 bits per heavy atom. The van der Waals surface area contributed by atoms with Crippen LogP contribution in [0.3, 0.4) is 0 Å². The molecule has 2 aromatic rings. The minimum atomic E-state index is 0.615. The molecule has 2 N–H and O–H groups in total. The highest BCUT2D eigenvalue weighted by atomic mass is 16.5. The van der Waals surface area contributed by atoms with Gasteiger partial charge in [0.05, 0.1) is 7.11 Å². The SMILES string of the molecule is COc1ccc(-c2cc(C)cc(N)c2)cn1. The molecule has 0 spiro atoms. The van der Waals surface area contributed by atoms with E-state index in [9.17, 15) is 0 Å². The van der Waals surface area contributed by atoms with Crippen LogP contribution in [0.15, 0.2) is 36.5 Å². The summed E-state index contributed by atoms with van der Waals surface area (Å²) in [5.41, 5.74) is 9.84. The molecule has 0 radical (unpaired) electrons. The molecular weight excluding hydrogens is 200 g/mol. The smallest absolute Gasteiger partial charge is 0.212 e. The van der Waals surface area contributed by atoms with Gasteiger partial charge >= 0.3 is 0 Å². The van der Waals surface area contributed by atoms with Gasteiger partial charge in [0.1, 0.15) is 0 Å². The Kier molecular flexibility index (Phi) is 2.77. The van der Waals surface area contributed by atoms with E-state index in [1.54, 1.807) is 13.3 Å². The summed E-state index contributed by atoms with van der Waals surface area (Å²) in [7, 11) is 1.60. The lowest BCUT2D eigenvalue weighted by atomic mass is 10.0. The van der Waals surface area contributed by atoms with E-state index < -0.39 is 0 Å². The average molecular weight is 214 g/mol. The average Bonchev–Trinajstić information content (AvgIpc) is 2.28. The predicted octanol–water partition coefficient (Wildman–Crippen LogP) is 2.65. The Hall–Kier alpha value is -2.03. The van der Waals surface area contributed by atoms with Gasteiger partial charge in [-0.3, -0.25) is 0 Å². The molecule has 0 aliphatic heterocycles.